The van der Waals surface area contributed by atoms with Crippen LogP contribution in [-0.2, 0) is 0 Å². The molecule has 1 saturated carbocycles. The molecule has 29 heavy (non-hydrogen) atoms. The normalized spacial score (nSPS) is 17.8. The second-order valence-corrected chi connectivity index (χ2v) is 7.77. The molecule has 0 amide bonds. The number of nitrogens with two attached hydrogens (primary N) is 1. The van der Waals surface area contributed by atoms with Crippen molar-refractivity contribution < 1.29 is 26.7 Å². The highest BCUT2D eigenvalue weighted by Gasteiger charge is 2.42. The number of hydrogen-bond acceptors (Lipinski definition) is 4. The van der Waals surface area contributed by atoms with Gasteiger partial charge in [-0.1, -0.05) is 0 Å². The molecule has 0 bridgehead atoms. The number of halogens is 5. The van der Waals surface area contributed by atoms with Gasteiger partial charge in [-0.2, -0.15) is 0 Å². The Morgan fingerprint density at radius 3 is 2.48 bits per heavy atom. The molecule has 1 aliphatic carbocycles. The number of ether oxygens (including phenoxy) is 1. The van der Waals surface area contributed by atoms with E-state index in [2.05, 4.69) is 9.97 Å². The van der Waals surface area contributed by atoms with Crippen LogP contribution in [0, 0.1) is 0 Å². The lowest BCUT2D eigenvalue weighted by atomic mass is 9.74. The van der Waals surface area contributed by atoms with Gasteiger partial charge in [-0.05, 0) is 50.5 Å². The van der Waals surface area contributed by atoms with Crippen LogP contribution in [0.15, 0.2) is 30.5 Å². The Bertz CT molecular complexity index is 856. The summed E-state index contributed by atoms with van der Waals surface area (Å²) in [5.74, 6) is -0.176. The molecule has 2 aromatic rings. The molecule has 0 aromatic carbocycles. The molecule has 158 valence electrons. The van der Waals surface area contributed by atoms with Gasteiger partial charge in [0, 0.05) is 18.2 Å². The highest BCUT2D eigenvalue weighted by Crippen LogP contribution is 2.41. The minimum atomic E-state index is -2.95. The molecule has 0 aliphatic heterocycles. The van der Waals surface area contributed by atoms with Crippen LogP contribution in [0.5, 0.6) is 5.75 Å². The zero-order chi connectivity index (χ0) is 21.2. The number of rotatable bonds is 8. The number of pyridine rings is 2. The van der Waals surface area contributed by atoms with Gasteiger partial charge in [-0.15, -0.1) is 0 Å². The summed E-state index contributed by atoms with van der Waals surface area (Å²) in [5.41, 5.74) is 2.95. The Kier molecular flexibility index (Phi) is 6.07. The van der Waals surface area contributed by atoms with Crippen molar-refractivity contribution in [1.82, 2.24) is 9.97 Å². The number of hydrogen-bond donors (Lipinski definition) is 1. The first-order valence-electron chi connectivity index (χ1n) is 9.23. The fourth-order valence-electron chi connectivity index (χ4n) is 3.38. The summed E-state index contributed by atoms with van der Waals surface area (Å²) in [6.07, 6.45) is -2.83. The Hall–Kier alpha value is -2.29. The van der Waals surface area contributed by atoms with E-state index in [0.717, 1.165) is 18.7 Å². The average Bonchev–Trinajstić information content (AvgIpc) is 2.64. The molecule has 0 saturated heterocycles. The van der Waals surface area contributed by atoms with E-state index in [1.54, 1.807) is 6.92 Å². The van der Waals surface area contributed by atoms with Crippen LogP contribution in [0.25, 0.3) is 11.3 Å². The maximum Gasteiger partial charge on any atom is 0.284 e. The van der Waals surface area contributed by atoms with E-state index in [-0.39, 0.29) is 30.0 Å². The lowest BCUT2D eigenvalue weighted by molar-refractivity contribution is 0.0212. The third-order valence-corrected chi connectivity index (χ3v) is 4.92. The fraction of sp³-hybridized carbons (Fsp3) is 0.500. The summed E-state index contributed by atoms with van der Waals surface area (Å²) >= 11 is 0. The van der Waals surface area contributed by atoms with Crippen LogP contribution in [0.4, 0.5) is 22.0 Å². The van der Waals surface area contributed by atoms with E-state index in [0.29, 0.717) is 12.8 Å². The Morgan fingerprint density at radius 2 is 1.90 bits per heavy atom. The second kappa shape index (κ2) is 8.22. The molecular formula is C20H22F5N3O. The summed E-state index contributed by atoms with van der Waals surface area (Å²) in [5, 5.41) is 0. The lowest BCUT2D eigenvalue weighted by Crippen LogP contribution is -2.50. The van der Waals surface area contributed by atoms with Crippen molar-refractivity contribution in [3.05, 3.63) is 41.9 Å². The molecule has 1 unspecified atom stereocenters. The molecule has 1 fully saturated rings. The molecule has 2 heterocycles. The van der Waals surface area contributed by atoms with Crippen LogP contribution in [0.3, 0.4) is 0 Å². The van der Waals surface area contributed by atoms with Crippen LogP contribution in [0.2, 0.25) is 0 Å². The van der Waals surface area contributed by atoms with Crippen molar-refractivity contribution in [3.8, 4) is 17.0 Å². The summed E-state index contributed by atoms with van der Waals surface area (Å²) in [7, 11) is 0. The third-order valence-electron chi connectivity index (χ3n) is 4.92. The van der Waals surface area contributed by atoms with E-state index in [9.17, 15) is 22.0 Å². The van der Waals surface area contributed by atoms with Gasteiger partial charge in [0.25, 0.3) is 12.9 Å². The van der Waals surface area contributed by atoms with E-state index in [4.69, 9.17) is 10.5 Å². The van der Waals surface area contributed by atoms with E-state index in [1.165, 1.54) is 18.2 Å². The highest BCUT2D eigenvalue weighted by molar-refractivity contribution is 5.60. The minimum Gasteiger partial charge on any atom is -0.490 e. The van der Waals surface area contributed by atoms with Crippen molar-refractivity contribution in [1.29, 1.82) is 0 Å². The quantitative estimate of drug-likeness (QED) is 0.587. The summed E-state index contributed by atoms with van der Waals surface area (Å²) in [6, 6.07) is 5.18. The van der Waals surface area contributed by atoms with Gasteiger partial charge < -0.3 is 10.5 Å². The van der Waals surface area contributed by atoms with Crippen molar-refractivity contribution in [3.63, 3.8) is 0 Å². The molecule has 4 nitrogen and oxygen atoms in total. The van der Waals surface area contributed by atoms with Crippen molar-refractivity contribution >= 4 is 0 Å². The molecule has 0 spiro atoms. The summed E-state index contributed by atoms with van der Waals surface area (Å²) in [4.78, 5) is 7.42. The Labute approximate surface area is 165 Å². The third kappa shape index (κ3) is 5.20. The molecule has 2 aromatic heterocycles. The monoisotopic (exact) mass is 415 g/mol. The van der Waals surface area contributed by atoms with Gasteiger partial charge in [-0.3, -0.25) is 4.98 Å². The number of nitrogens with zero attached hydrogens (tertiary/aromatic N) is 2. The van der Waals surface area contributed by atoms with Crippen molar-refractivity contribution in [2.75, 3.05) is 6.61 Å². The molecular weight excluding hydrogens is 393 g/mol. The van der Waals surface area contributed by atoms with Gasteiger partial charge in [0.15, 0.2) is 0 Å². The topological polar surface area (TPSA) is 61.0 Å². The van der Waals surface area contributed by atoms with Crippen LogP contribution in [0.1, 0.15) is 56.8 Å². The van der Waals surface area contributed by atoms with E-state index in [1.807, 2.05) is 0 Å². The second-order valence-electron chi connectivity index (χ2n) is 7.77. The first-order valence-corrected chi connectivity index (χ1v) is 9.23. The fourth-order valence-corrected chi connectivity index (χ4v) is 3.38. The Morgan fingerprint density at radius 1 is 1.17 bits per heavy atom. The minimum absolute atomic E-state index is 0.0724. The zero-order valence-electron chi connectivity index (χ0n) is 15.8. The first kappa shape index (κ1) is 21.4. The lowest BCUT2D eigenvalue weighted by Gasteiger charge is -2.39. The Balaban J connectivity index is 1.78. The maximum atomic E-state index is 14.3. The molecule has 3 rings (SSSR count). The molecule has 2 N–H and O–H groups in total. The standard InChI is InChI=1S/C20H22F5N3O/c1-19(26,10-20(25)6-2-7-20)11-29-15-4-3-13(28-16(15)18(23)24)12-5-8-27-14(9-12)17(21)22/h3-5,8-9,17-18H,2,6-7,10-11,26H2,1H3. The number of alkyl halides is 5. The predicted octanol–water partition coefficient (Wildman–Crippen LogP) is 5.40. The molecule has 1 atom stereocenters. The smallest absolute Gasteiger partial charge is 0.284 e. The van der Waals surface area contributed by atoms with Gasteiger partial charge in [0.05, 0.1) is 11.2 Å². The molecule has 0 radical (unpaired) electrons. The largest absolute Gasteiger partial charge is 0.490 e. The first-order chi connectivity index (χ1) is 13.6. The summed E-state index contributed by atoms with van der Waals surface area (Å²) in [6.45, 7) is 1.45. The van der Waals surface area contributed by atoms with E-state index < -0.39 is 35.4 Å². The number of aromatic nitrogens is 2. The maximum absolute atomic E-state index is 14.3. The predicted molar refractivity (Wildman–Crippen MR) is 97.8 cm³/mol. The average molecular weight is 415 g/mol. The van der Waals surface area contributed by atoms with Crippen LogP contribution >= 0.6 is 0 Å². The van der Waals surface area contributed by atoms with Crippen molar-refractivity contribution in [2.24, 2.45) is 5.73 Å². The van der Waals surface area contributed by atoms with Gasteiger partial charge >= 0.3 is 0 Å². The van der Waals surface area contributed by atoms with Gasteiger partial charge in [0.1, 0.15) is 29.4 Å². The van der Waals surface area contributed by atoms with Crippen LogP contribution in [-0.4, -0.2) is 27.8 Å². The summed E-state index contributed by atoms with van der Waals surface area (Å²) < 4.78 is 72.5. The van der Waals surface area contributed by atoms with Crippen molar-refractivity contribution in [2.45, 2.75) is 56.7 Å². The highest BCUT2D eigenvalue weighted by atomic mass is 19.3. The zero-order valence-corrected chi connectivity index (χ0v) is 15.8. The van der Waals surface area contributed by atoms with E-state index >= 15 is 0 Å². The van der Waals surface area contributed by atoms with Crippen LogP contribution < -0.4 is 10.5 Å². The van der Waals surface area contributed by atoms with Gasteiger partial charge in [0.2, 0.25) is 0 Å². The molecule has 1 aliphatic rings. The molecule has 9 heteroatoms. The van der Waals surface area contributed by atoms with Gasteiger partial charge in [-0.25, -0.2) is 26.9 Å². The SMILES string of the molecule is CC(N)(COc1ccc(-c2ccnc(C(F)F)c2)nc1C(F)F)CC1(F)CCC1.